The zero-order valence-electron chi connectivity index (χ0n) is 10.3. The van der Waals surface area contributed by atoms with Gasteiger partial charge in [0.25, 0.3) is 0 Å². The van der Waals surface area contributed by atoms with E-state index < -0.39 is 0 Å². The van der Waals surface area contributed by atoms with Crippen LogP contribution < -0.4 is 4.74 Å². The van der Waals surface area contributed by atoms with Gasteiger partial charge in [-0.15, -0.1) is 11.6 Å². The van der Waals surface area contributed by atoms with Gasteiger partial charge >= 0.3 is 0 Å². The van der Waals surface area contributed by atoms with Crippen molar-refractivity contribution in [3.8, 4) is 5.75 Å². The Morgan fingerprint density at radius 1 is 1.35 bits per heavy atom. The van der Waals surface area contributed by atoms with E-state index in [0.717, 1.165) is 15.8 Å². The highest BCUT2D eigenvalue weighted by atomic mass is 79.9. The van der Waals surface area contributed by atoms with Gasteiger partial charge in [-0.1, -0.05) is 35.7 Å². The molecule has 1 aromatic rings. The first-order valence-electron chi connectivity index (χ1n) is 6.04. The van der Waals surface area contributed by atoms with Crippen molar-refractivity contribution in [1.82, 2.24) is 0 Å². The molecule has 3 heteroatoms. The molecule has 1 saturated carbocycles. The highest BCUT2D eigenvalue weighted by Crippen LogP contribution is 2.52. The van der Waals surface area contributed by atoms with Crippen molar-refractivity contribution in [2.45, 2.75) is 38.0 Å². The molecule has 0 aliphatic heterocycles. The fraction of sp³-hybridized carbons (Fsp3) is 0.571. The Bertz CT molecular complexity index is 399. The largest absolute Gasteiger partial charge is 0.496 e. The van der Waals surface area contributed by atoms with Crippen LogP contribution in [0.4, 0.5) is 0 Å². The Hall–Kier alpha value is -0.210. The van der Waals surface area contributed by atoms with Crippen LogP contribution in [0.2, 0.25) is 0 Å². The highest BCUT2D eigenvalue weighted by molar-refractivity contribution is 9.10. The van der Waals surface area contributed by atoms with Gasteiger partial charge in [-0.25, -0.2) is 0 Å². The summed E-state index contributed by atoms with van der Waals surface area (Å²) in [5.41, 5.74) is 1.31. The predicted molar refractivity (Wildman–Crippen MR) is 75.9 cm³/mol. The lowest BCUT2D eigenvalue weighted by atomic mass is 9.81. The van der Waals surface area contributed by atoms with Gasteiger partial charge in [0.15, 0.2) is 0 Å². The minimum absolute atomic E-state index is 0.0254. The van der Waals surface area contributed by atoms with Crippen LogP contribution in [0.25, 0.3) is 0 Å². The lowest BCUT2D eigenvalue weighted by Crippen LogP contribution is -2.18. The van der Waals surface area contributed by atoms with Crippen molar-refractivity contribution >= 4 is 27.5 Å². The van der Waals surface area contributed by atoms with E-state index in [1.807, 2.05) is 12.1 Å². The summed E-state index contributed by atoms with van der Waals surface area (Å²) < 4.78 is 6.48. The van der Waals surface area contributed by atoms with Gasteiger partial charge < -0.3 is 4.74 Å². The maximum atomic E-state index is 6.71. The fourth-order valence-electron chi connectivity index (χ4n) is 2.71. The van der Waals surface area contributed by atoms with Gasteiger partial charge in [-0.3, -0.25) is 0 Å². The van der Waals surface area contributed by atoms with E-state index >= 15 is 0 Å². The molecule has 1 aliphatic carbocycles. The van der Waals surface area contributed by atoms with Crippen LogP contribution in [0.3, 0.4) is 0 Å². The number of rotatable bonds is 3. The van der Waals surface area contributed by atoms with Crippen molar-refractivity contribution in [3.63, 3.8) is 0 Å². The molecular weight excluding hydrogens is 300 g/mol. The lowest BCUT2D eigenvalue weighted by Gasteiger charge is -2.30. The summed E-state index contributed by atoms with van der Waals surface area (Å²) in [5, 5.41) is 0.0254. The van der Waals surface area contributed by atoms with Gasteiger partial charge in [-0.2, -0.15) is 0 Å². The quantitative estimate of drug-likeness (QED) is 0.686. The summed E-state index contributed by atoms with van der Waals surface area (Å²) >= 11 is 10.2. The second kappa shape index (κ2) is 5.19. The zero-order valence-corrected chi connectivity index (χ0v) is 12.6. The summed E-state index contributed by atoms with van der Waals surface area (Å²) in [4.78, 5) is 0. The van der Waals surface area contributed by atoms with Crippen LogP contribution in [0.15, 0.2) is 22.7 Å². The van der Waals surface area contributed by atoms with Gasteiger partial charge in [0, 0.05) is 10.0 Å². The zero-order chi connectivity index (χ0) is 12.5. The molecule has 0 bridgehead atoms. The molecule has 94 valence electrons. The monoisotopic (exact) mass is 316 g/mol. The van der Waals surface area contributed by atoms with Crippen LogP contribution in [0, 0.1) is 5.41 Å². The van der Waals surface area contributed by atoms with Gasteiger partial charge in [0.05, 0.1) is 12.5 Å². The molecule has 0 N–H and O–H groups in total. The van der Waals surface area contributed by atoms with E-state index in [-0.39, 0.29) is 10.8 Å². The van der Waals surface area contributed by atoms with Crippen molar-refractivity contribution in [2.24, 2.45) is 5.41 Å². The number of alkyl halides is 1. The first kappa shape index (κ1) is 13.2. The van der Waals surface area contributed by atoms with Crippen LogP contribution in [-0.2, 0) is 0 Å². The molecule has 17 heavy (non-hydrogen) atoms. The van der Waals surface area contributed by atoms with E-state index in [1.54, 1.807) is 7.11 Å². The summed E-state index contributed by atoms with van der Waals surface area (Å²) in [6.07, 6.45) is 4.99. The van der Waals surface area contributed by atoms with E-state index in [4.69, 9.17) is 16.3 Å². The number of hydrogen-bond donors (Lipinski definition) is 0. The Morgan fingerprint density at radius 2 is 2.00 bits per heavy atom. The predicted octanol–water partition coefficient (Wildman–Crippen LogP) is 5.32. The van der Waals surface area contributed by atoms with Crippen LogP contribution >= 0.6 is 27.5 Å². The summed E-state index contributed by atoms with van der Waals surface area (Å²) in [5.74, 6) is 0.890. The molecule has 0 heterocycles. The van der Waals surface area contributed by atoms with Gasteiger partial charge in [0.2, 0.25) is 0 Å². The molecule has 0 radical (unpaired) electrons. The van der Waals surface area contributed by atoms with Crippen molar-refractivity contribution in [3.05, 3.63) is 28.2 Å². The Kier molecular flexibility index (Phi) is 4.04. The van der Waals surface area contributed by atoms with E-state index in [2.05, 4.69) is 28.9 Å². The molecule has 0 amide bonds. The number of hydrogen-bond acceptors (Lipinski definition) is 1. The summed E-state index contributed by atoms with van der Waals surface area (Å²) in [7, 11) is 1.70. The summed E-state index contributed by atoms with van der Waals surface area (Å²) in [6, 6.07) is 6.05. The van der Waals surface area contributed by atoms with Gasteiger partial charge in [0.1, 0.15) is 5.75 Å². The highest BCUT2D eigenvalue weighted by Gasteiger charge is 2.38. The minimum Gasteiger partial charge on any atom is -0.496 e. The molecule has 1 unspecified atom stereocenters. The third-order valence-corrected chi connectivity index (χ3v) is 5.08. The van der Waals surface area contributed by atoms with E-state index in [9.17, 15) is 0 Å². The topological polar surface area (TPSA) is 9.23 Å². The first-order valence-corrected chi connectivity index (χ1v) is 7.27. The molecule has 1 fully saturated rings. The average molecular weight is 318 g/mol. The molecule has 1 nitrogen and oxygen atoms in total. The van der Waals surface area contributed by atoms with Crippen molar-refractivity contribution in [1.29, 1.82) is 0 Å². The lowest BCUT2D eigenvalue weighted by molar-refractivity contribution is 0.313. The molecule has 1 atom stereocenters. The molecule has 0 spiro atoms. The Balaban J connectivity index is 2.35. The molecule has 0 aromatic heterocycles. The normalized spacial score (nSPS) is 20.2. The summed E-state index contributed by atoms with van der Waals surface area (Å²) in [6.45, 7) is 2.29. The number of benzene rings is 1. The molecule has 1 aliphatic rings. The van der Waals surface area contributed by atoms with Crippen LogP contribution in [0.5, 0.6) is 5.75 Å². The molecular formula is C14H18BrClO. The second-order valence-electron chi connectivity index (χ2n) is 5.11. The third-order valence-electron chi connectivity index (χ3n) is 3.82. The van der Waals surface area contributed by atoms with E-state index in [1.165, 1.54) is 25.7 Å². The van der Waals surface area contributed by atoms with Crippen LogP contribution in [-0.4, -0.2) is 7.11 Å². The van der Waals surface area contributed by atoms with E-state index in [0.29, 0.717) is 0 Å². The maximum Gasteiger partial charge on any atom is 0.123 e. The SMILES string of the molecule is COc1ccc(Br)cc1C(Cl)C1(C)CCCC1. The molecule has 0 saturated heterocycles. The molecule has 2 rings (SSSR count). The van der Waals surface area contributed by atoms with Crippen LogP contribution in [0.1, 0.15) is 43.5 Å². The number of halogens is 2. The first-order chi connectivity index (χ1) is 8.07. The average Bonchev–Trinajstić information content (AvgIpc) is 2.76. The second-order valence-corrected chi connectivity index (χ2v) is 6.46. The minimum atomic E-state index is 0.0254. The van der Waals surface area contributed by atoms with Crippen molar-refractivity contribution in [2.75, 3.05) is 7.11 Å². The van der Waals surface area contributed by atoms with Crippen molar-refractivity contribution < 1.29 is 4.74 Å². The number of methoxy groups -OCH3 is 1. The Morgan fingerprint density at radius 3 is 2.59 bits per heavy atom. The number of ether oxygens (including phenoxy) is 1. The Labute approximate surface area is 117 Å². The fourth-order valence-corrected chi connectivity index (χ4v) is 3.48. The van der Waals surface area contributed by atoms with Gasteiger partial charge in [-0.05, 0) is 36.5 Å². The smallest absolute Gasteiger partial charge is 0.123 e. The molecule has 1 aromatic carbocycles. The standard InChI is InChI=1S/C14H18BrClO/c1-14(7-3-4-8-14)13(16)11-9-10(15)5-6-12(11)17-2/h5-6,9,13H,3-4,7-8H2,1-2H3. The maximum absolute atomic E-state index is 6.71. The third kappa shape index (κ3) is 2.63.